The molecule has 2 rings (SSSR count). The average molecular weight is 262 g/mol. The fraction of sp³-hybridized carbons (Fsp3) is 0.357. The van der Waals surface area contributed by atoms with Crippen LogP contribution in [0.5, 0.6) is 0 Å². The van der Waals surface area contributed by atoms with Crippen molar-refractivity contribution in [3.05, 3.63) is 36.0 Å². The number of hydrogen-bond acceptors (Lipinski definition) is 2. The van der Waals surface area contributed by atoms with Crippen LogP contribution in [-0.4, -0.2) is 28.4 Å². The number of para-hydroxylation sites is 1. The van der Waals surface area contributed by atoms with Crippen molar-refractivity contribution in [3.8, 4) is 0 Å². The summed E-state index contributed by atoms with van der Waals surface area (Å²) in [6.07, 6.45) is 2.05. The van der Waals surface area contributed by atoms with Gasteiger partial charge in [-0.1, -0.05) is 18.2 Å². The number of nitrogens with one attached hydrogen (secondary N) is 2. The van der Waals surface area contributed by atoms with Crippen molar-refractivity contribution in [1.29, 1.82) is 0 Å². The van der Waals surface area contributed by atoms with Gasteiger partial charge in [-0.25, -0.2) is 0 Å². The summed E-state index contributed by atoms with van der Waals surface area (Å²) in [7, 11) is 0. The lowest BCUT2D eigenvalue weighted by atomic mass is 10.2. The Morgan fingerprint density at radius 1 is 1.39 bits per heavy atom. The Balaban J connectivity index is 2.09. The maximum absolute atomic E-state index is 12.0. The molecule has 96 valence electrons. The van der Waals surface area contributed by atoms with E-state index >= 15 is 0 Å². The number of hydrogen-bond donors (Lipinski definition) is 2. The second-order valence-electron chi connectivity index (χ2n) is 4.92. The van der Waals surface area contributed by atoms with Gasteiger partial charge in [0.2, 0.25) is 0 Å². The van der Waals surface area contributed by atoms with Gasteiger partial charge >= 0.3 is 0 Å². The minimum atomic E-state index is -0.0478. The quantitative estimate of drug-likeness (QED) is 0.889. The van der Waals surface area contributed by atoms with Crippen molar-refractivity contribution in [2.75, 3.05) is 12.8 Å². The van der Waals surface area contributed by atoms with Crippen molar-refractivity contribution in [3.63, 3.8) is 0 Å². The number of amides is 1. The van der Waals surface area contributed by atoms with E-state index in [9.17, 15) is 4.79 Å². The van der Waals surface area contributed by atoms with Crippen molar-refractivity contribution in [2.24, 2.45) is 0 Å². The molecular formula is C14H18N2OS. The summed E-state index contributed by atoms with van der Waals surface area (Å²) < 4.78 is 0.0572. The molecule has 0 aliphatic rings. The number of rotatable bonds is 4. The Morgan fingerprint density at radius 2 is 2.11 bits per heavy atom. The number of carbonyl (C=O) groups is 1. The lowest BCUT2D eigenvalue weighted by molar-refractivity contribution is 0.0946. The van der Waals surface area contributed by atoms with Crippen molar-refractivity contribution in [1.82, 2.24) is 10.3 Å². The van der Waals surface area contributed by atoms with E-state index in [-0.39, 0.29) is 10.7 Å². The smallest absolute Gasteiger partial charge is 0.267 e. The number of carbonyl (C=O) groups excluding carboxylic acids is 1. The predicted octanol–water partition coefficient (Wildman–Crippen LogP) is 3.04. The molecule has 0 saturated heterocycles. The third kappa shape index (κ3) is 2.88. The summed E-state index contributed by atoms with van der Waals surface area (Å²) in [5.74, 6) is -0.0478. The summed E-state index contributed by atoms with van der Waals surface area (Å²) in [4.78, 5) is 15.2. The normalized spacial score (nSPS) is 11.7. The summed E-state index contributed by atoms with van der Waals surface area (Å²) in [6, 6.07) is 9.77. The van der Waals surface area contributed by atoms with Crippen molar-refractivity contribution < 1.29 is 4.79 Å². The molecule has 0 saturated carbocycles. The highest BCUT2D eigenvalue weighted by Gasteiger charge is 2.18. The molecule has 0 atom stereocenters. The van der Waals surface area contributed by atoms with Gasteiger partial charge in [0, 0.05) is 22.2 Å². The highest BCUT2D eigenvalue weighted by molar-refractivity contribution is 7.99. The molecular weight excluding hydrogens is 244 g/mol. The minimum absolute atomic E-state index is 0.0478. The van der Waals surface area contributed by atoms with E-state index in [2.05, 4.69) is 30.4 Å². The highest BCUT2D eigenvalue weighted by atomic mass is 32.2. The zero-order valence-corrected chi connectivity index (χ0v) is 11.7. The molecule has 0 unspecified atom stereocenters. The lowest BCUT2D eigenvalue weighted by Crippen LogP contribution is -2.36. The van der Waals surface area contributed by atoms with Gasteiger partial charge in [-0.2, -0.15) is 11.8 Å². The van der Waals surface area contributed by atoms with Crippen LogP contribution in [0.25, 0.3) is 10.9 Å². The molecule has 4 heteroatoms. The Bertz CT molecular complexity index is 527. The molecule has 1 aromatic heterocycles. The van der Waals surface area contributed by atoms with Crippen LogP contribution in [0, 0.1) is 0 Å². The summed E-state index contributed by atoms with van der Waals surface area (Å²) in [5, 5.41) is 4.02. The molecule has 0 aliphatic heterocycles. The van der Waals surface area contributed by atoms with Gasteiger partial charge < -0.3 is 10.3 Å². The van der Waals surface area contributed by atoms with Gasteiger partial charge in [-0.3, -0.25) is 4.79 Å². The number of aromatic amines is 1. The van der Waals surface area contributed by atoms with Crippen LogP contribution in [-0.2, 0) is 0 Å². The number of aromatic nitrogens is 1. The van der Waals surface area contributed by atoms with Gasteiger partial charge in [-0.05, 0) is 32.2 Å². The summed E-state index contributed by atoms with van der Waals surface area (Å²) >= 11 is 1.74. The maximum Gasteiger partial charge on any atom is 0.267 e. The van der Waals surface area contributed by atoms with Crippen LogP contribution in [0.15, 0.2) is 30.3 Å². The molecule has 0 bridgehead atoms. The Kier molecular flexibility index (Phi) is 3.66. The molecule has 18 heavy (non-hydrogen) atoms. The minimum Gasteiger partial charge on any atom is -0.351 e. The van der Waals surface area contributed by atoms with Crippen LogP contribution in [0.3, 0.4) is 0 Å². The number of H-pyrrole nitrogens is 1. The zero-order valence-electron chi connectivity index (χ0n) is 10.9. The van der Waals surface area contributed by atoms with Crippen LogP contribution in [0.1, 0.15) is 24.3 Å². The van der Waals surface area contributed by atoms with Gasteiger partial charge in [0.15, 0.2) is 0 Å². The highest BCUT2D eigenvalue weighted by Crippen LogP contribution is 2.20. The molecule has 2 aromatic rings. The number of benzene rings is 1. The maximum atomic E-state index is 12.0. The molecule has 0 fully saturated rings. The monoisotopic (exact) mass is 262 g/mol. The van der Waals surface area contributed by atoms with E-state index in [0.717, 1.165) is 10.9 Å². The van der Waals surface area contributed by atoms with E-state index in [1.807, 2.05) is 30.3 Å². The van der Waals surface area contributed by atoms with Crippen LogP contribution < -0.4 is 5.32 Å². The van der Waals surface area contributed by atoms with Crippen LogP contribution in [0.4, 0.5) is 0 Å². The van der Waals surface area contributed by atoms with Gasteiger partial charge in [0.1, 0.15) is 5.69 Å². The third-order valence-electron chi connectivity index (χ3n) is 3.00. The summed E-state index contributed by atoms with van der Waals surface area (Å²) in [6.45, 7) is 4.88. The fourth-order valence-corrected chi connectivity index (χ4v) is 1.87. The van der Waals surface area contributed by atoms with E-state index in [4.69, 9.17) is 0 Å². The SMILES string of the molecule is CSC(C)(C)CNC(=O)c1cc2ccccc2[nH]1. The first-order chi connectivity index (χ1) is 8.52. The molecule has 1 heterocycles. The Morgan fingerprint density at radius 3 is 2.78 bits per heavy atom. The molecule has 2 N–H and O–H groups in total. The zero-order chi connectivity index (χ0) is 13.2. The van der Waals surface area contributed by atoms with Crippen LogP contribution >= 0.6 is 11.8 Å². The molecule has 1 amide bonds. The van der Waals surface area contributed by atoms with E-state index in [1.165, 1.54) is 0 Å². The largest absolute Gasteiger partial charge is 0.351 e. The second-order valence-corrected chi connectivity index (χ2v) is 6.43. The topological polar surface area (TPSA) is 44.9 Å². The molecule has 0 radical (unpaired) electrons. The number of fused-ring (bicyclic) bond motifs is 1. The molecule has 0 aliphatic carbocycles. The average Bonchev–Trinajstić information content (AvgIpc) is 2.80. The van der Waals surface area contributed by atoms with E-state index in [0.29, 0.717) is 12.2 Å². The molecule has 1 aromatic carbocycles. The van der Waals surface area contributed by atoms with E-state index < -0.39 is 0 Å². The standard InChI is InChI=1S/C14H18N2OS/c1-14(2,18-3)9-15-13(17)12-8-10-6-4-5-7-11(10)16-12/h4-8,16H,9H2,1-3H3,(H,15,17). The van der Waals surface area contributed by atoms with Crippen molar-refractivity contribution in [2.45, 2.75) is 18.6 Å². The molecule has 0 spiro atoms. The Labute approximate surface area is 111 Å². The van der Waals surface area contributed by atoms with Gasteiger partial charge in [0.25, 0.3) is 5.91 Å². The first-order valence-corrected chi connectivity index (χ1v) is 7.15. The summed E-state index contributed by atoms with van der Waals surface area (Å²) in [5.41, 5.74) is 1.61. The van der Waals surface area contributed by atoms with Gasteiger partial charge in [0.05, 0.1) is 0 Å². The second kappa shape index (κ2) is 5.06. The Hall–Kier alpha value is -1.42. The number of thioether (sulfide) groups is 1. The van der Waals surface area contributed by atoms with Crippen LogP contribution in [0.2, 0.25) is 0 Å². The third-order valence-corrected chi connectivity index (χ3v) is 4.25. The van der Waals surface area contributed by atoms with Crippen molar-refractivity contribution >= 4 is 28.6 Å². The fourth-order valence-electron chi connectivity index (χ4n) is 1.66. The van der Waals surface area contributed by atoms with Gasteiger partial charge in [-0.15, -0.1) is 0 Å². The first-order valence-electron chi connectivity index (χ1n) is 5.93. The molecule has 3 nitrogen and oxygen atoms in total. The lowest BCUT2D eigenvalue weighted by Gasteiger charge is -2.21. The van der Waals surface area contributed by atoms with E-state index in [1.54, 1.807) is 11.8 Å². The predicted molar refractivity (Wildman–Crippen MR) is 78.2 cm³/mol. The first kappa shape index (κ1) is 13.0.